The largest absolute Gasteiger partial charge is 0.326 e. The number of hydrogen-bond acceptors (Lipinski definition) is 2. The molecule has 2 nitrogen and oxygen atoms in total. The Bertz CT molecular complexity index is 540. The maximum atomic E-state index is 13.6. The molecule has 0 aliphatic heterocycles. The van der Waals surface area contributed by atoms with Crippen molar-refractivity contribution in [2.75, 3.05) is 7.05 Å². The van der Waals surface area contributed by atoms with Crippen molar-refractivity contribution in [2.24, 2.45) is 5.73 Å². The van der Waals surface area contributed by atoms with E-state index in [0.29, 0.717) is 13.1 Å². The first-order chi connectivity index (χ1) is 9.20. The predicted molar refractivity (Wildman–Crippen MR) is 75.9 cm³/mol. The Kier molecular flexibility index (Phi) is 4.66. The van der Waals surface area contributed by atoms with E-state index in [9.17, 15) is 4.39 Å². The molecule has 0 heterocycles. The van der Waals surface area contributed by atoms with E-state index in [4.69, 9.17) is 5.73 Å². The van der Waals surface area contributed by atoms with Gasteiger partial charge >= 0.3 is 0 Å². The van der Waals surface area contributed by atoms with Crippen molar-refractivity contribution >= 4 is 0 Å². The first kappa shape index (κ1) is 13.7. The van der Waals surface area contributed by atoms with Gasteiger partial charge in [0.1, 0.15) is 5.82 Å². The summed E-state index contributed by atoms with van der Waals surface area (Å²) in [4.78, 5) is 2.09. The number of halogens is 1. The van der Waals surface area contributed by atoms with Crippen LogP contribution in [0.2, 0.25) is 0 Å². The summed E-state index contributed by atoms with van der Waals surface area (Å²) in [6.07, 6.45) is 0. The number of benzene rings is 2. The van der Waals surface area contributed by atoms with Gasteiger partial charge in [0.25, 0.3) is 0 Å². The highest BCUT2D eigenvalue weighted by atomic mass is 19.1. The van der Waals surface area contributed by atoms with Gasteiger partial charge < -0.3 is 5.73 Å². The van der Waals surface area contributed by atoms with Crippen molar-refractivity contribution in [2.45, 2.75) is 19.6 Å². The van der Waals surface area contributed by atoms with Gasteiger partial charge in [-0.15, -0.1) is 0 Å². The van der Waals surface area contributed by atoms with Crippen LogP contribution in [-0.2, 0) is 19.6 Å². The van der Waals surface area contributed by atoms with Gasteiger partial charge in [0, 0.05) is 25.2 Å². The van der Waals surface area contributed by atoms with Gasteiger partial charge in [-0.1, -0.05) is 42.5 Å². The maximum absolute atomic E-state index is 13.6. The molecule has 0 saturated carbocycles. The third-order valence-electron chi connectivity index (χ3n) is 3.18. The molecule has 0 aliphatic carbocycles. The van der Waals surface area contributed by atoms with E-state index in [1.54, 1.807) is 6.07 Å². The molecule has 2 N–H and O–H groups in total. The lowest BCUT2D eigenvalue weighted by molar-refractivity contribution is 0.312. The Morgan fingerprint density at radius 2 is 1.42 bits per heavy atom. The molecule has 0 fully saturated rings. The molecule has 0 bridgehead atoms. The van der Waals surface area contributed by atoms with Gasteiger partial charge in [0.15, 0.2) is 0 Å². The molecule has 2 aromatic carbocycles. The molecule has 19 heavy (non-hydrogen) atoms. The van der Waals surface area contributed by atoms with Crippen molar-refractivity contribution in [1.29, 1.82) is 0 Å². The molecule has 0 amide bonds. The van der Waals surface area contributed by atoms with Crippen molar-refractivity contribution in [3.63, 3.8) is 0 Å². The number of rotatable bonds is 5. The quantitative estimate of drug-likeness (QED) is 0.893. The predicted octanol–water partition coefficient (Wildman–Crippen LogP) is 2.92. The highest BCUT2D eigenvalue weighted by Gasteiger charge is 2.07. The van der Waals surface area contributed by atoms with E-state index in [0.717, 1.165) is 17.7 Å². The van der Waals surface area contributed by atoms with Gasteiger partial charge in [-0.05, 0) is 24.2 Å². The third kappa shape index (κ3) is 3.63. The second kappa shape index (κ2) is 6.45. The van der Waals surface area contributed by atoms with Crippen LogP contribution in [0.15, 0.2) is 48.5 Å². The Balaban J connectivity index is 2.05. The monoisotopic (exact) mass is 258 g/mol. The molecular formula is C16H19FN2. The van der Waals surface area contributed by atoms with Crippen LogP contribution in [0.5, 0.6) is 0 Å². The molecule has 0 spiro atoms. The average Bonchev–Trinajstić information content (AvgIpc) is 2.42. The van der Waals surface area contributed by atoms with Gasteiger partial charge in [0.2, 0.25) is 0 Å². The molecular weight excluding hydrogens is 239 g/mol. The minimum atomic E-state index is -0.151. The minimum Gasteiger partial charge on any atom is -0.326 e. The zero-order chi connectivity index (χ0) is 13.7. The fourth-order valence-electron chi connectivity index (χ4n) is 2.17. The van der Waals surface area contributed by atoms with Gasteiger partial charge in [-0.25, -0.2) is 4.39 Å². The van der Waals surface area contributed by atoms with E-state index in [1.165, 1.54) is 11.6 Å². The smallest absolute Gasteiger partial charge is 0.127 e. The van der Waals surface area contributed by atoms with Crippen molar-refractivity contribution < 1.29 is 4.39 Å². The number of nitrogens with two attached hydrogens (primary N) is 1. The fourth-order valence-corrected chi connectivity index (χ4v) is 2.17. The molecule has 100 valence electrons. The van der Waals surface area contributed by atoms with E-state index in [-0.39, 0.29) is 5.82 Å². The summed E-state index contributed by atoms with van der Waals surface area (Å²) < 4.78 is 13.6. The van der Waals surface area contributed by atoms with E-state index in [1.807, 2.05) is 37.4 Å². The topological polar surface area (TPSA) is 29.3 Å². The fraction of sp³-hybridized carbons (Fsp3) is 0.250. The normalized spacial score (nSPS) is 10.9. The average molecular weight is 258 g/mol. The number of nitrogens with zero attached hydrogens (tertiary/aromatic N) is 1. The summed E-state index contributed by atoms with van der Waals surface area (Å²) in [5, 5.41) is 0. The second-order valence-electron chi connectivity index (χ2n) is 4.74. The zero-order valence-corrected chi connectivity index (χ0v) is 11.1. The van der Waals surface area contributed by atoms with Crippen molar-refractivity contribution in [3.8, 4) is 0 Å². The Morgan fingerprint density at radius 3 is 2.05 bits per heavy atom. The SMILES string of the molecule is CN(Cc1ccccc1F)Cc1ccccc1CN. The van der Waals surface area contributed by atoms with Crippen LogP contribution in [0.25, 0.3) is 0 Å². The van der Waals surface area contributed by atoms with Gasteiger partial charge in [-0.3, -0.25) is 4.90 Å². The second-order valence-corrected chi connectivity index (χ2v) is 4.74. The molecule has 0 saturated heterocycles. The lowest BCUT2D eigenvalue weighted by Gasteiger charge is -2.19. The molecule has 0 aromatic heterocycles. The maximum Gasteiger partial charge on any atom is 0.127 e. The van der Waals surface area contributed by atoms with Crippen molar-refractivity contribution in [3.05, 3.63) is 71.0 Å². The minimum absolute atomic E-state index is 0.151. The summed E-state index contributed by atoms with van der Waals surface area (Å²) in [5.41, 5.74) is 8.78. The van der Waals surface area contributed by atoms with E-state index in [2.05, 4.69) is 11.0 Å². The van der Waals surface area contributed by atoms with Crippen molar-refractivity contribution in [1.82, 2.24) is 4.90 Å². The summed E-state index contributed by atoms with van der Waals surface area (Å²) in [5.74, 6) is -0.151. The van der Waals surface area contributed by atoms with Crippen LogP contribution in [0.3, 0.4) is 0 Å². The third-order valence-corrected chi connectivity index (χ3v) is 3.18. The van der Waals surface area contributed by atoms with Gasteiger partial charge in [0.05, 0.1) is 0 Å². The highest BCUT2D eigenvalue weighted by molar-refractivity contribution is 5.27. The van der Waals surface area contributed by atoms with Crippen LogP contribution in [-0.4, -0.2) is 11.9 Å². The molecule has 0 aliphatic rings. The van der Waals surface area contributed by atoms with Gasteiger partial charge in [-0.2, -0.15) is 0 Å². The van der Waals surface area contributed by atoms with Crippen LogP contribution in [0.4, 0.5) is 4.39 Å². The molecule has 3 heteroatoms. The zero-order valence-electron chi connectivity index (χ0n) is 11.1. The lowest BCUT2D eigenvalue weighted by Crippen LogP contribution is -2.19. The van der Waals surface area contributed by atoms with Crippen LogP contribution < -0.4 is 5.73 Å². The molecule has 2 rings (SSSR count). The number of hydrogen-bond donors (Lipinski definition) is 1. The standard InChI is InChI=1S/C16H19FN2/c1-19(12-15-8-4-5-9-16(15)17)11-14-7-3-2-6-13(14)10-18/h2-9H,10-12,18H2,1H3. The Morgan fingerprint density at radius 1 is 0.895 bits per heavy atom. The summed E-state index contributed by atoms with van der Waals surface area (Å²) in [6.45, 7) is 1.89. The molecule has 0 unspecified atom stereocenters. The molecule has 0 radical (unpaired) electrons. The summed E-state index contributed by atoms with van der Waals surface area (Å²) in [7, 11) is 1.99. The lowest BCUT2D eigenvalue weighted by atomic mass is 10.1. The van der Waals surface area contributed by atoms with Crippen LogP contribution in [0, 0.1) is 5.82 Å². The summed E-state index contributed by atoms with van der Waals surface area (Å²) in [6, 6.07) is 15.0. The Hall–Kier alpha value is -1.71. The van der Waals surface area contributed by atoms with E-state index < -0.39 is 0 Å². The summed E-state index contributed by atoms with van der Waals surface area (Å²) >= 11 is 0. The molecule has 0 atom stereocenters. The first-order valence-electron chi connectivity index (χ1n) is 6.39. The van der Waals surface area contributed by atoms with Crippen LogP contribution in [0.1, 0.15) is 16.7 Å². The Labute approximate surface area is 113 Å². The first-order valence-corrected chi connectivity index (χ1v) is 6.39. The molecule has 2 aromatic rings. The van der Waals surface area contributed by atoms with Crippen LogP contribution >= 0.6 is 0 Å². The van der Waals surface area contributed by atoms with E-state index >= 15 is 0 Å². The highest BCUT2D eigenvalue weighted by Crippen LogP contribution is 2.14.